The molecular formula is C61H114O6. The van der Waals surface area contributed by atoms with E-state index in [4.69, 9.17) is 14.2 Å². The molecule has 0 aliphatic rings. The third-order valence-electron chi connectivity index (χ3n) is 13.4. The molecule has 0 saturated heterocycles. The lowest BCUT2D eigenvalue weighted by atomic mass is 10.0. The van der Waals surface area contributed by atoms with Crippen molar-refractivity contribution in [1.82, 2.24) is 0 Å². The van der Waals surface area contributed by atoms with Crippen molar-refractivity contribution in [3.05, 3.63) is 24.3 Å². The number of unbranched alkanes of at least 4 members (excludes halogenated alkanes) is 40. The number of rotatable bonds is 55. The molecule has 0 aromatic rings. The third kappa shape index (κ3) is 54.7. The van der Waals surface area contributed by atoms with Crippen LogP contribution in [0.2, 0.25) is 0 Å². The normalized spacial score (nSPS) is 12.1. The fourth-order valence-electron chi connectivity index (χ4n) is 8.91. The number of allylic oxidation sites excluding steroid dienone is 4. The maximum Gasteiger partial charge on any atom is 0.306 e. The maximum atomic E-state index is 12.8. The predicted octanol–water partition coefficient (Wildman–Crippen LogP) is 19.9. The highest BCUT2D eigenvalue weighted by molar-refractivity contribution is 5.71. The quantitative estimate of drug-likeness (QED) is 0.0262. The monoisotopic (exact) mass is 943 g/mol. The van der Waals surface area contributed by atoms with Crippen molar-refractivity contribution in [3.8, 4) is 0 Å². The van der Waals surface area contributed by atoms with E-state index in [1.807, 2.05) is 0 Å². The van der Waals surface area contributed by atoms with E-state index in [2.05, 4.69) is 45.1 Å². The van der Waals surface area contributed by atoms with Gasteiger partial charge >= 0.3 is 17.9 Å². The van der Waals surface area contributed by atoms with Crippen LogP contribution in [0.4, 0.5) is 0 Å². The van der Waals surface area contributed by atoms with Crippen LogP contribution >= 0.6 is 0 Å². The van der Waals surface area contributed by atoms with Gasteiger partial charge in [-0.15, -0.1) is 0 Å². The SMILES string of the molecule is CCCCCCCC/C=C\CCCCCCCCCCCCCC(=O)OC[C@H](COC(=O)CCCCCCCCCCCCC)OC(=O)CCCCCCCCC/C=C\CCCCCCCC. The average molecular weight is 944 g/mol. The zero-order chi connectivity index (χ0) is 48.6. The molecule has 0 N–H and O–H groups in total. The molecule has 394 valence electrons. The Hall–Kier alpha value is -2.11. The van der Waals surface area contributed by atoms with Gasteiger partial charge in [0.2, 0.25) is 0 Å². The number of ether oxygens (including phenoxy) is 3. The lowest BCUT2D eigenvalue weighted by Gasteiger charge is -2.18. The van der Waals surface area contributed by atoms with E-state index >= 15 is 0 Å². The van der Waals surface area contributed by atoms with Crippen molar-refractivity contribution < 1.29 is 28.6 Å². The molecule has 0 fully saturated rings. The molecule has 0 aromatic carbocycles. The summed E-state index contributed by atoms with van der Waals surface area (Å²) in [7, 11) is 0. The van der Waals surface area contributed by atoms with Crippen LogP contribution in [-0.4, -0.2) is 37.2 Å². The Labute approximate surface area is 417 Å². The van der Waals surface area contributed by atoms with Crippen LogP contribution < -0.4 is 0 Å². The van der Waals surface area contributed by atoms with Gasteiger partial charge in [-0.05, 0) is 70.6 Å². The summed E-state index contributed by atoms with van der Waals surface area (Å²) in [5, 5.41) is 0. The Morgan fingerprint density at radius 2 is 0.493 bits per heavy atom. The van der Waals surface area contributed by atoms with Gasteiger partial charge < -0.3 is 14.2 Å². The zero-order valence-electron chi connectivity index (χ0n) is 45.2. The molecule has 6 heteroatoms. The Kier molecular flexibility index (Phi) is 54.7. The van der Waals surface area contributed by atoms with Crippen LogP contribution in [0.5, 0.6) is 0 Å². The molecule has 0 spiro atoms. The molecule has 0 rings (SSSR count). The van der Waals surface area contributed by atoms with Crippen molar-refractivity contribution in [2.75, 3.05) is 13.2 Å². The largest absolute Gasteiger partial charge is 0.462 e. The second kappa shape index (κ2) is 56.5. The molecule has 0 amide bonds. The van der Waals surface area contributed by atoms with Gasteiger partial charge in [-0.1, -0.05) is 263 Å². The molecule has 0 aliphatic heterocycles. The maximum absolute atomic E-state index is 12.8. The fraction of sp³-hybridized carbons (Fsp3) is 0.885. The second-order valence-electron chi connectivity index (χ2n) is 20.3. The van der Waals surface area contributed by atoms with Gasteiger partial charge in [0.25, 0.3) is 0 Å². The third-order valence-corrected chi connectivity index (χ3v) is 13.4. The summed E-state index contributed by atoms with van der Waals surface area (Å²) in [6.07, 6.45) is 66.0. The first-order valence-corrected chi connectivity index (χ1v) is 29.8. The Morgan fingerprint density at radius 1 is 0.284 bits per heavy atom. The van der Waals surface area contributed by atoms with Crippen molar-refractivity contribution in [3.63, 3.8) is 0 Å². The van der Waals surface area contributed by atoms with E-state index in [1.54, 1.807) is 0 Å². The molecule has 67 heavy (non-hydrogen) atoms. The van der Waals surface area contributed by atoms with Gasteiger partial charge in [0.1, 0.15) is 13.2 Å². The van der Waals surface area contributed by atoms with E-state index in [1.165, 1.54) is 231 Å². The van der Waals surface area contributed by atoms with Gasteiger partial charge in [-0.3, -0.25) is 14.4 Å². The molecular weight excluding hydrogens is 829 g/mol. The summed E-state index contributed by atoms with van der Waals surface area (Å²) in [5.41, 5.74) is 0. The van der Waals surface area contributed by atoms with Crippen LogP contribution in [0.3, 0.4) is 0 Å². The summed E-state index contributed by atoms with van der Waals surface area (Å²) >= 11 is 0. The molecule has 1 atom stereocenters. The van der Waals surface area contributed by atoms with Gasteiger partial charge in [0.15, 0.2) is 6.10 Å². The van der Waals surface area contributed by atoms with Crippen LogP contribution in [0.15, 0.2) is 24.3 Å². The first kappa shape index (κ1) is 64.9. The number of esters is 3. The minimum atomic E-state index is -0.769. The highest BCUT2D eigenvalue weighted by Gasteiger charge is 2.19. The van der Waals surface area contributed by atoms with E-state index in [0.29, 0.717) is 19.3 Å². The van der Waals surface area contributed by atoms with Crippen LogP contribution in [0.1, 0.15) is 329 Å². The van der Waals surface area contributed by atoms with E-state index in [0.717, 1.165) is 57.8 Å². The first-order chi connectivity index (χ1) is 33.0. The van der Waals surface area contributed by atoms with Gasteiger partial charge in [0, 0.05) is 19.3 Å². The van der Waals surface area contributed by atoms with Crippen LogP contribution in [0.25, 0.3) is 0 Å². The molecule has 0 unspecified atom stereocenters. The van der Waals surface area contributed by atoms with Gasteiger partial charge in [0.05, 0.1) is 0 Å². The minimum absolute atomic E-state index is 0.0686. The Morgan fingerprint density at radius 3 is 0.746 bits per heavy atom. The lowest BCUT2D eigenvalue weighted by molar-refractivity contribution is -0.167. The standard InChI is InChI=1S/C61H114O6/c1-4-7-10-13-16-19-22-24-26-28-29-30-31-33-34-36-39-42-45-48-51-54-60(63)66-57-58(56-65-59(62)53-50-47-44-41-38-21-18-15-12-9-6-3)67-61(64)55-52-49-46-43-40-37-35-32-27-25-23-20-17-14-11-8-5-2/h24-27,58H,4-23,28-57H2,1-3H3/b26-24-,27-25-/t58-/m0/s1. The number of carbonyl (C=O) groups excluding carboxylic acids is 3. The topological polar surface area (TPSA) is 78.9 Å². The smallest absolute Gasteiger partial charge is 0.306 e. The van der Waals surface area contributed by atoms with E-state index < -0.39 is 6.10 Å². The molecule has 0 radical (unpaired) electrons. The number of carbonyl (C=O) groups is 3. The molecule has 0 heterocycles. The average Bonchev–Trinajstić information content (AvgIpc) is 3.33. The Balaban J connectivity index is 4.26. The summed E-state index contributed by atoms with van der Waals surface area (Å²) in [4.78, 5) is 38.1. The minimum Gasteiger partial charge on any atom is -0.462 e. The summed E-state index contributed by atoms with van der Waals surface area (Å²) in [5.74, 6) is -0.854. The summed E-state index contributed by atoms with van der Waals surface area (Å²) in [6, 6.07) is 0. The lowest BCUT2D eigenvalue weighted by Crippen LogP contribution is -2.30. The molecule has 0 aromatic heterocycles. The summed E-state index contributed by atoms with van der Waals surface area (Å²) in [6.45, 7) is 6.67. The summed E-state index contributed by atoms with van der Waals surface area (Å²) < 4.78 is 16.9. The van der Waals surface area contributed by atoms with Crippen molar-refractivity contribution in [2.24, 2.45) is 0 Å². The zero-order valence-corrected chi connectivity index (χ0v) is 45.2. The molecule has 0 saturated carbocycles. The van der Waals surface area contributed by atoms with Gasteiger partial charge in [-0.25, -0.2) is 0 Å². The molecule has 0 bridgehead atoms. The van der Waals surface area contributed by atoms with Crippen molar-refractivity contribution in [2.45, 2.75) is 335 Å². The Bertz CT molecular complexity index is 1080. The number of hydrogen-bond donors (Lipinski definition) is 0. The number of hydrogen-bond acceptors (Lipinski definition) is 6. The fourth-order valence-corrected chi connectivity index (χ4v) is 8.91. The first-order valence-electron chi connectivity index (χ1n) is 29.8. The van der Waals surface area contributed by atoms with Crippen LogP contribution in [0, 0.1) is 0 Å². The van der Waals surface area contributed by atoms with Crippen LogP contribution in [-0.2, 0) is 28.6 Å². The van der Waals surface area contributed by atoms with E-state index in [-0.39, 0.29) is 31.1 Å². The van der Waals surface area contributed by atoms with Crippen molar-refractivity contribution >= 4 is 17.9 Å². The van der Waals surface area contributed by atoms with Gasteiger partial charge in [-0.2, -0.15) is 0 Å². The highest BCUT2D eigenvalue weighted by atomic mass is 16.6. The van der Waals surface area contributed by atoms with Crippen molar-refractivity contribution in [1.29, 1.82) is 0 Å². The second-order valence-corrected chi connectivity index (χ2v) is 20.3. The molecule has 0 aliphatic carbocycles. The highest BCUT2D eigenvalue weighted by Crippen LogP contribution is 2.17. The van der Waals surface area contributed by atoms with E-state index in [9.17, 15) is 14.4 Å². The predicted molar refractivity (Wildman–Crippen MR) is 289 cm³/mol. The molecule has 6 nitrogen and oxygen atoms in total.